The average molecular weight is 443 g/mol. The average Bonchev–Trinajstić information content (AvgIpc) is 3.44. The van der Waals surface area contributed by atoms with Gasteiger partial charge in [0.05, 0.1) is 40.9 Å². The van der Waals surface area contributed by atoms with E-state index in [1.54, 1.807) is 12.4 Å². The number of aryl methyl sites for hydroxylation is 1. The second-order valence-electron chi connectivity index (χ2n) is 7.53. The molecule has 0 spiro atoms. The Morgan fingerprint density at radius 3 is 2.57 bits per heavy atom. The van der Waals surface area contributed by atoms with Crippen LogP contribution in [0.25, 0.3) is 22.2 Å². The molecule has 1 aromatic carbocycles. The standard InChI is InChI=1S/C21H19ClN4O3S/c1-24-18-15(20(28)25(2)21(24)29)16(11-6-4-3-5-7-11)26-12(9-27)8-13(17(18)26)19-23-14(22)10-30-19/h3-7,10,12-13,27H,8-9H2,1-2H3/t12-,13?/m0/s1. The Hall–Kier alpha value is -2.68. The number of benzene rings is 1. The zero-order chi connectivity index (χ0) is 21.2. The van der Waals surface area contributed by atoms with Gasteiger partial charge in [-0.25, -0.2) is 9.78 Å². The third kappa shape index (κ3) is 2.57. The first-order valence-electron chi connectivity index (χ1n) is 9.55. The number of aliphatic hydroxyl groups excluding tert-OH is 1. The molecule has 1 unspecified atom stereocenters. The molecule has 0 aliphatic carbocycles. The Morgan fingerprint density at radius 1 is 1.20 bits per heavy atom. The van der Waals surface area contributed by atoms with Crippen LogP contribution in [0.3, 0.4) is 0 Å². The minimum absolute atomic E-state index is 0.0856. The molecule has 0 bridgehead atoms. The van der Waals surface area contributed by atoms with Gasteiger partial charge in [-0.2, -0.15) is 0 Å². The van der Waals surface area contributed by atoms with Crippen LogP contribution in [0.5, 0.6) is 0 Å². The van der Waals surface area contributed by atoms with Gasteiger partial charge >= 0.3 is 5.69 Å². The highest BCUT2D eigenvalue weighted by molar-refractivity contribution is 7.10. The van der Waals surface area contributed by atoms with E-state index in [2.05, 4.69) is 4.98 Å². The molecular weight excluding hydrogens is 424 g/mol. The summed E-state index contributed by atoms with van der Waals surface area (Å²) in [5, 5.41) is 13.7. The van der Waals surface area contributed by atoms with Gasteiger partial charge < -0.3 is 9.67 Å². The van der Waals surface area contributed by atoms with E-state index >= 15 is 0 Å². The van der Waals surface area contributed by atoms with Crippen molar-refractivity contribution < 1.29 is 5.11 Å². The van der Waals surface area contributed by atoms with Gasteiger partial charge in [0, 0.05) is 19.5 Å². The van der Waals surface area contributed by atoms with Crippen LogP contribution < -0.4 is 11.2 Å². The van der Waals surface area contributed by atoms with Crippen LogP contribution in [-0.2, 0) is 14.1 Å². The first kappa shape index (κ1) is 19.3. The number of aliphatic hydroxyl groups is 1. The molecule has 4 aromatic rings. The fraction of sp³-hybridized carbons (Fsp3) is 0.286. The molecule has 1 aliphatic rings. The molecule has 7 nitrogen and oxygen atoms in total. The quantitative estimate of drug-likeness (QED) is 0.529. The lowest BCUT2D eigenvalue weighted by Gasteiger charge is -2.15. The number of hydrogen-bond donors (Lipinski definition) is 1. The molecule has 2 atom stereocenters. The van der Waals surface area contributed by atoms with Crippen molar-refractivity contribution in [2.75, 3.05) is 6.61 Å². The van der Waals surface area contributed by atoms with Crippen molar-refractivity contribution >= 4 is 33.8 Å². The van der Waals surface area contributed by atoms with Crippen molar-refractivity contribution in [1.29, 1.82) is 0 Å². The summed E-state index contributed by atoms with van der Waals surface area (Å²) in [4.78, 5) is 30.5. The fourth-order valence-electron chi connectivity index (χ4n) is 4.59. The van der Waals surface area contributed by atoms with Crippen LogP contribution in [0, 0.1) is 0 Å². The Kier molecular flexibility index (Phi) is 4.46. The van der Waals surface area contributed by atoms with Crippen molar-refractivity contribution in [3.8, 4) is 11.3 Å². The highest BCUT2D eigenvalue weighted by Gasteiger charge is 2.40. The van der Waals surface area contributed by atoms with Gasteiger partial charge in [0.1, 0.15) is 10.2 Å². The molecule has 154 valence electrons. The number of thiazole rings is 1. The van der Waals surface area contributed by atoms with E-state index in [1.807, 2.05) is 34.9 Å². The number of fused-ring (bicyclic) bond motifs is 3. The van der Waals surface area contributed by atoms with Crippen LogP contribution in [0.4, 0.5) is 0 Å². The van der Waals surface area contributed by atoms with Crippen LogP contribution >= 0.6 is 22.9 Å². The van der Waals surface area contributed by atoms with E-state index in [9.17, 15) is 14.7 Å². The molecule has 0 saturated carbocycles. The summed E-state index contributed by atoms with van der Waals surface area (Å²) in [5.41, 5.74) is 2.27. The van der Waals surface area contributed by atoms with Crippen molar-refractivity contribution in [1.82, 2.24) is 18.7 Å². The number of nitrogens with zero attached hydrogens (tertiary/aromatic N) is 4. The van der Waals surface area contributed by atoms with Gasteiger partial charge in [-0.3, -0.25) is 13.9 Å². The minimum Gasteiger partial charge on any atom is -0.394 e. The van der Waals surface area contributed by atoms with Gasteiger partial charge in [0.25, 0.3) is 5.56 Å². The molecule has 4 heterocycles. The van der Waals surface area contributed by atoms with Gasteiger partial charge in [-0.05, 0) is 12.0 Å². The zero-order valence-electron chi connectivity index (χ0n) is 16.4. The van der Waals surface area contributed by atoms with E-state index in [1.165, 1.54) is 23.0 Å². The largest absolute Gasteiger partial charge is 0.394 e. The Labute approximate surface area is 180 Å². The number of rotatable bonds is 3. The minimum atomic E-state index is -0.385. The molecule has 0 saturated heterocycles. The predicted molar refractivity (Wildman–Crippen MR) is 118 cm³/mol. The maximum atomic E-state index is 13.3. The maximum absolute atomic E-state index is 13.3. The summed E-state index contributed by atoms with van der Waals surface area (Å²) in [6, 6.07) is 9.37. The van der Waals surface area contributed by atoms with E-state index in [-0.39, 0.29) is 29.8 Å². The van der Waals surface area contributed by atoms with Gasteiger partial charge in [-0.1, -0.05) is 41.9 Å². The summed E-state index contributed by atoms with van der Waals surface area (Å²) in [6.07, 6.45) is 0.620. The molecule has 0 amide bonds. The second-order valence-corrected chi connectivity index (χ2v) is 8.81. The summed E-state index contributed by atoms with van der Waals surface area (Å²) in [6.45, 7) is -0.0856. The Balaban J connectivity index is 1.99. The third-order valence-corrected chi connectivity index (χ3v) is 7.18. The lowest BCUT2D eigenvalue weighted by Crippen LogP contribution is -2.37. The molecular formula is C21H19ClN4O3S. The fourth-order valence-corrected chi connectivity index (χ4v) is 5.66. The number of halogens is 1. The highest BCUT2D eigenvalue weighted by Crippen LogP contribution is 2.49. The first-order valence-corrected chi connectivity index (χ1v) is 10.8. The number of hydrogen-bond acceptors (Lipinski definition) is 5. The van der Waals surface area contributed by atoms with E-state index < -0.39 is 0 Å². The molecule has 5 rings (SSSR count). The highest BCUT2D eigenvalue weighted by atomic mass is 35.5. The van der Waals surface area contributed by atoms with Gasteiger partial charge in [-0.15, -0.1) is 11.3 Å². The van der Waals surface area contributed by atoms with Crippen LogP contribution in [0.15, 0.2) is 45.3 Å². The molecule has 1 N–H and O–H groups in total. The first-order chi connectivity index (χ1) is 14.4. The van der Waals surface area contributed by atoms with Gasteiger partial charge in [0.15, 0.2) is 0 Å². The maximum Gasteiger partial charge on any atom is 0.331 e. The smallest absolute Gasteiger partial charge is 0.331 e. The third-order valence-electron chi connectivity index (χ3n) is 5.90. The van der Waals surface area contributed by atoms with Crippen molar-refractivity contribution in [2.24, 2.45) is 14.1 Å². The van der Waals surface area contributed by atoms with Crippen molar-refractivity contribution in [3.05, 3.63) is 72.4 Å². The summed E-state index contributed by atoms with van der Waals surface area (Å²) in [7, 11) is 3.17. The Morgan fingerprint density at radius 2 is 1.93 bits per heavy atom. The molecule has 9 heteroatoms. The van der Waals surface area contributed by atoms with E-state index in [0.717, 1.165) is 26.5 Å². The van der Waals surface area contributed by atoms with Crippen molar-refractivity contribution in [2.45, 2.75) is 18.4 Å². The normalized spacial score (nSPS) is 18.3. The number of aromatic nitrogens is 4. The topological polar surface area (TPSA) is 82.0 Å². The molecule has 30 heavy (non-hydrogen) atoms. The van der Waals surface area contributed by atoms with E-state index in [4.69, 9.17) is 11.6 Å². The SMILES string of the molecule is Cn1c(=O)c2c(-c3ccccc3)n3c(c2n(C)c1=O)C(c1nc(Cl)cs1)C[C@H]3CO. The molecule has 0 fully saturated rings. The summed E-state index contributed by atoms with van der Waals surface area (Å²) >= 11 is 7.54. The second kappa shape index (κ2) is 6.94. The van der Waals surface area contributed by atoms with Crippen LogP contribution in [0.2, 0.25) is 5.15 Å². The lowest BCUT2D eigenvalue weighted by molar-refractivity contribution is 0.232. The summed E-state index contributed by atoms with van der Waals surface area (Å²) < 4.78 is 4.69. The molecule has 3 aromatic heterocycles. The monoisotopic (exact) mass is 442 g/mol. The molecule has 0 radical (unpaired) electrons. The van der Waals surface area contributed by atoms with Crippen LogP contribution in [0.1, 0.15) is 29.1 Å². The van der Waals surface area contributed by atoms with Gasteiger partial charge in [0.2, 0.25) is 0 Å². The Bertz CT molecular complexity index is 1400. The lowest BCUT2D eigenvalue weighted by atomic mass is 10.00. The van der Waals surface area contributed by atoms with Crippen molar-refractivity contribution in [3.63, 3.8) is 0 Å². The summed E-state index contributed by atoms with van der Waals surface area (Å²) in [5.74, 6) is -0.169. The zero-order valence-corrected chi connectivity index (χ0v) is 17.9. The molecule has 1 aliphatic heterocycles. The predicted octanol–water partition coefficient (Wildman–Crippen LogP) is 2.88. The van der Waals surface area contributed by atoms with E-state index in [0.29, 0.717) is 22.5 Å². The van der Waals surface area contributed by atoms with Crippen LogP contribution in [-0.4, -0.2) is 30.4 Å².